The highest BCUT2D eigenvalue weighted by Crippen LogP contribution is 2.12. The molecule has 0 bridgehead atoms. The summed E-state index contributed by atoms with van der Waals surface area (Å²) >= 11 is 0. The molecule has 1 amide bonds. The molecule has 0 radical (unpaired) electrons. The molecule has 0 fully saturated rings. The van der Waals surface area contributed by atoms with E-state index in [1.54, 1.807) is 25.3 Å². The molecular formula is C19H18N2O3. The number of rotatable bonds is 5. The zero-order chi connectivity index (χ0) is 16.9. The summed E-state index contributed by atoms with van der Waals surface area (Å²) in [7, 11) is 1.62. The van der Waals surface area contributed by atoms with Crippen molar-refractivity contribution in [1.29, 1.82) is 0 Å². The van der Waals surface area contributed by atoms with Crippen LogP contribution in [-0.4, -0.2) is 24.5 Å². The molecule has 0 aliphatic rings. The van der Waals surface area contributed by atoms with Gasteiger partial charge in [0.25, 0.3) is 11.5 Å². The summed E-state index contributed by atoms with van der Waals surface area (Å²) in [6.45, 7) is 0.486. The highest BCUT2D eigenvalue weighted by Gasteiger charge is 2.08. The zero-order valence-electron chi connectivity index (χ0n) is 13.3. The van der Waals surface area contributed by atoms with Gasteiger partial charge >= 0.3 is 0 Å². The molecule has 0 saturated heterocycles. The molecule has 0 atom stereocenters. The van der Waals surface area contributed by atoms with Crippen LogP contribution in [0.15, 0.2) is 59.4 Å². The topological polar surface area (TPSA) is 71.2 Å². The van der Waals surface area contributed by atoms with Crippen molar-refractivity contribution in [3.63, 3.8) is 0 Å². The summed E-state index contributed by atoms with van der Waals surface area (Å²) in [6, 6.07) is 16.6. The molecule has 0 saturated carbocycles. The second kappa shape index (κ2) is 7.00. The summed E-state index contributed by atoms with van der Waals surface area (Å²) in [6.07, 6.45) is 0.702. The fourth-order valence-electron chi connectivity index (χ4n) is 2.54. The fraction of sp³-hybridized carbons (Fsp3) is 0.158. The van der Waals surface area contributed by atoms with Gasteiger partial charge in [0.05, 0.1) is 7.11 Å². The third-order valence-corrected chi connectivity index (χ3v) is 3.86. The number of carbonyl (C=O) groups is 1. The summed E-state index contributed by atoms with van der Waals surface area (Å²) in [5, 5.41) is 4.16. The highest BCUT2D eigenvalue weighted by molar-refractivity contribution is 5.96. The van der Waals surface area contributed by atoms with Crippen molar-refractivity contribution in [2.45, 2.75) is 6.42 Å². The third kappa shape index (κ3) is 3.46. The largest absolute Gasteiger partial charge is 0.497 e. The lowest BCUT2D eigenvalue weighted by atomic mass is 10.1. The van der Waals surface area contributed by atoms with Crippen LogP contribution in [0.4, 0.5) is 0 Å². The van der Waals surface area contributed by atoms with Crippen LogP contribution in [0.25, 0.3) is 10.8 Å². The predicted molar refractivity (Wildman–Crippen MR) is 93.6 cm³/mol. The minimum atomic E-state index is -0.286. The Kier molecular flexibility index (Phi) is 4.61. The molecular weight excluding hydrogens is 304 g/mol. The molecule has 3 rings (SSSR count). The Labute approximate surface area is 139 Å². The lowest BCUT2D eigenvalue weighted by Crippen LogP contribution is -2.28. The van der Waals surface area contributed by atoms with E-state index in [1.165, 1.54) is 0 Å². The van der Waals surface area contributed by atoms with Crippen molar-refractivity contribution in [3.8, 4) is 5.75 Å². The van der Waals surface area contributed by atoms with E-state index in [2.05, 4.69) is 10.3 Å². The number of carbonyl (C=O) groups excluding carboxylic acids is 1. The predicted octanol–water partition coefficient (Wildman–Crippen LogP) is 2.51. The molecule has 122 valence electrons. The Morgan fingerprint density at radius 2 is 1.88 bits per heavy atom. The molecule has 0 aliphatic carbocycles. The number of nitrogens with one attached hydrogen (secondary N) is 2. The Balaban J connectivity index is 1.65. The van der Waals surface area contributed by atoms with E-state index >= 15 is 0 Å². The first kappa shape index (κ1) is 15.8. The van der Waals surface area contributed by atoms with E-state index < -0.39 is 0 Å². The van der Waals surface area contributed by atoms with Crippen LogP contribution in [0.5, 0.6) is 5.75 Å². The van der Waals surface area contributed by atoms with Gasteiger partial charge in [0.1, 0.15) is 11.4 Å². The minimum absolute atomic E-state index is 0.256. The van der Waals surface area contributed by atoms with Gasteiger partial charge in [-0.05, 0) is 41.6 Å². The SMILES string of the molecule is COc1ccc(CCNC(=O)c2cc3ccccc3c(=O)[nH]2)cc1. The normalized spacial score (nSPS) is 10.5. The van der Waals surface area contributed by atoms with Crippen molar-refractivity contribution in [2.24, 2.45) is 0 Å². The number of aromatic amines is 1. The summed E-state index contributed by atoms with van der Waals surface area (Å²) < 4.78 is 5.11. The number of fused-ring (bicyclic) bond motifs is 1. The molecule has 1 heterocycles. The lowest BCUT2D eigenvalue weighted by Gasteiger charge is -2.07. The number of benzene rings is 2. The third-order valence-electron chi connectivity index (χ3n) is 3.86. The van der Waals surface area contributed by atoms with Gasteiger partial charge < -0.3 is 15.0 Å². The number of hydrogen-bond acceptors (Lipinski definition) is 3. The number of amides is 1. The van der Waals surface area contributed by atoms with Gasteiger partial charge in [0.2, 0.25) is 0 Å². The van der Waals surface area contributed by atoms with Crippen LogP contribution < -0.4 is 15.6 Å². The number of pyridine rings is 1. The molecule has 1 aromatic heterocycles. The van der Waals surface area contributed by atoms with Gasteiger partial charge in [-0.15, -0.1) is 0 Å². The lowest BCUT2D eigenvalue weighted by molar-refractivity contribution is 0.0949. The molecule has 5 nitrogen and oxygen atoms in total. The van der Waals surface area contributed by atoms with Crippen molar-refractivity contribution < 1.29 is 9.53 Å². The number of H-pyrrole nitrogens is 1. The number of ether oxygens (including phenoxy) is 1. The van der Waals surface area contributed by atoms with Gasteiger partial charge in [0.15, 0.2) is 0 Å². The molecule has 0 aliphatic heterocycles. The van der Waals surface area contributed by atoms with Crippen LogP contribution in [-0.2, 0) is 6.42 Å². The van der Waals surface area contributed by atoms with Gasteiger partial charge in [-0.25, -0.2) is 0 Å². The molecule has 2 N–H and O–H groups in total. The first-order valence-corrected chi connectivity index (χ1v) is 7.70. The van der Waals surface area contributed by atoms with Crippen molar-refractivity contribution in [3.05, 3.63) is 76.2 Å². The molecule has 5 heteroatoms. The van der Waals surface area contributed by atoms with Crippen LogP contribution >= 0.6 is 0 Å². The summed E-state index contributed by atoms with van der Waals surface area (Å²) in [5.74, 6) is 0.517. The summed E-state index contributed by atoms with van der Waals surface area (Å²) in [5.41, 5.74) is 1.12. The van der Waals surface area contributed by atoms with Gasteiger partial charge in [-0.2, -0.15) is 0 Å². The molecule has 2 aromatic carbocycles. The average Bonchev–Trinajstić information content (AvgIpc) is 2.62. The van der Waals surface area contributed by atoms with Crippen LogP contribution in [0.2, 0.25) is 0 Å². The zero-order valence-corrected chi connectivity index (χ0v) is 13.3. The first-order chi connectivity index (χ1) is 11.7. The van der Waals surface area contributed by atoms with E-state index in [9.17, 15) is 9.59 Å². The molecule has 24 heavy (non-hydrogen) atoms. The first-order valence-electron chi connectivity index (χ1n) is 7.70. The second-order valence-corrected chi connectivity index (χ2v) is 5.45. The summed E-state index contributed by atoms with van der Waals surface area (Å²) in [4.78, 5) is 26.9. The van der Waals surface area contributed by atoms with E-state index in [1.807, 2.05) is 36.4 Å². The Hall–Kier alpha value is -3.08. The highest BCUT2D eigenvalue weighted by atomic mass is 16.5. The van der Waals surface area contributed by atoms with Crippen LogP contribution in [0.3, 0.4) is 0 Å². The Morgan fingerprint density at radius 1 is 1.12 bits per heavy atom. The number of hydrogen-bond donors (Lipinski definition) is 2. The van der Waals surface area contributed by atoms with Crippen LogP contribution in [0.1, 0.15) is 16.1 Å². The maximum Gasteiger partial charge on any atom is 0.267 e. The number of aromatic nitrogens is 1. The number of methoxy groups -OCH3 is 1. The Bertz CT molecular complexity index is 914. The van der Waals surface area contributed by atoms with Gasteiger partial charge in [-0.1, -0.05) is 30.3 Å². The second-order valence-electron chi connectivity index (χ2n) is 5.45. The standard InChI is InChI=1S/C19H18N2O3/c1-24-15-8-6-13(7-9-15)10-11-20-19(23)17-12-14-4-2-3-5-16(14)18(22)21-17/h2-9,12H,10-11H2,1H3,(H,20,23)(H,21,22). The minimum Gasteiger partial charge on any atom is -0.497 e. The Morgan fingerprint density at radius 3 is 2.62 bits per heavy atom. The molecule has 3 aromatic rings. The van der Waals surface area contributed by atoms with E-state index in [0.29, 0.717) is 18.4 Å². The smallest absolute Gasteiger partial charge is 0.267 e. The quantitative estimate of drug-likeness (QED) is 0.758. The average molecular weight is 322 g/mol. The fourth-order valence-corrected chi connectivity index (χ4v) is 2.54. The van der Waals surface area contributed by atoms with E-state index in [-0.39, 0.29) is 17.2 Å². The molecule has 0 spiro atoms. The van der Waals surface area contributed by atoms with E-state index in [0.717, 1.165) is 16.7 Å². The van der Waals surface area contributed by atoms with Gasteiger partial charge in [0, 0.05) is 11.9 Å². The van der Waals surface area contributed by atoms with Gasteiger partial charge in [-0.3, -0.25) is 9.59 Å². The maximum atomic E-state index is 12.2. The molecule has 0 unspecified atom stereocenters. The van der Waals surface area contributed by atoms with E-state index in [4.69, 9.17) is 4.74 Å². The van der Waals surface area contributed by atoms with Crippen LogP contribution in [0, 0.1) is 0 Å². The maximum absolute atomic E-state index is 12.2. The van der Waals surface area contributed by atoms with Crippen molar-refractivity contribution in [2.75, 3.05) is 13.7 Å². The van der Waals surface area contributed by atoms with Crippen molar-refractivity contribution in [1.82, 2.24) is 10.3 Å². The monoisotopic (exact) mass is 322 g/mol. The van der Waals surface area contributed by atoms with Crippen molar-refractivity contribution >= 4 is 16.7 Å².